The number of aliphatic imine (C=N–C) groups is 1. The number of nitrogens with two attached hydrogens (primary N) is 1. The molecule has 2 saturated heterocycles. The zero-order valence-corrected chi connectivity index (χ0v) is 19.4. The van der Waals surface area contributed by atoms with Crippen LogP contribution in [0.3, 0.4) is 0 Å². The highest BCUT2D eigenvalue weighted by molar-refractivity contribution is 5.80. The quantitative estimate of drug-likeness (QED) is 0.386. The molecular formula is C25H38N6O. The first-order valence-electron chi connectivity index (χ1n) is 12.1. The van der Waals surface area contributed by atoms with E-state index in [-0.39, 0.29) is 11.8 Å². The van der Waals surface area contributed by atoms with Gasteiger partial charge in [-0.05, 0) is 43.9 Å². The molecule has 3 N–H and O–H groups in total. The number of amides is 1. The molecule has 2 fully saturated rings. The van der Waals surface area contributed by atoms with Gasteiger partial charge in [-0.2, -0.15) is 0 Å². The average molecular weight is 439 g/mol. The number of guanidine groups is 1. The van der Waals surface area contributed by atoms with Gasteiger partial charge in [-0.15, -0.1) is 0 Å². The summed E-state index contributed by atoms with van der Waals surface area (Å²) in [6, 6.07) is 9.31. The van der Waals surface area contributed by atoms with E-state index >= 15 is 0 Å². The lowest BCUT2D eigenvalue weighted by Crippen LogP contribution is -2.42. The van der Waals surface area contributed by atoms with Gasteiger partial charge in [0.15, 0.2) is 5.96 Å². The molecule has 1 aromatic rings. The van der Waals surface area contributed by atoms with Gasteiger partial charge in [0, 0.05) is 51.9 Å². The summed E-state index contributed by atoms with van der Waals surface area (Å²) in [7, 11) is 0. The summed E-state index contributed by atoms with van der Waals surface area (Å²) < 4.78 is 0. The van der Waals surface area contributed by atoms with Gasteiger partial charge in [0.2, 0.25) is 5.91 Å². The molecular weight excluding hydrogens is 400 g/mol. The number of hydrogen-bond donors (Lipinski definition) is 2. The van der Waals surface area contributed by atoms with Crippen LogP contribution in [0.4, 0.5) is 0 Å². The van der Waals surface area contributed by atoms with Gasteiger partial charge in [0.1, 0.15) is 0 Å². The number of piperidine rings is 1. The van der Waals surface area contributed by atoms with Gasteiger partial charge >= 0.3 is 0 Å². The van der Waals surface area contributed by atoms with Crippen LogP contribution in [0.25, 0.3) is 0 Å². The molecule has 0 aliphatic carbocycles. The lowest BCUT2D eigenvalue weighted by atomic mass is 9.97. The Morgan fingerprint density at radius 2 is 1.97 bits per heavy atom. The van der Waals surface area contributed by atoms with Crippen LogP contribution in [0.1, 0.15) is 37.3 Å². The highest BCUT2D eigenvalue weighted by Crippen LogP contribution is 2.20. The number of carbonyl (C=O) groups is 1. The lowest BCUT2D eigenvalue weighted by Gasteiger charge is -2.31. The maximum absolute atomic E-state index is 11.6. The van der Waals surface area contributed by atoms with Crippen LogP contribution in [0.2, 0.25) is 0 Å². The Kier molecular flexibility index (Phi) is 7.81. The molecule has 0 spiro atoms. The fraction of sp³-hybridized carbons (Fsp3) is 0.600. The molecule has 0 radical (unpaired) electrons. The number of nitrogens with zero attached hydrogens (tertiary/aromatic N) is 4. The maximum Gasteiger partial charge on any atom is 0.221 e. The SMILES string of the molecule is CCNC(=NCc1cccc(CN2CCCC(C(N)=O)C2)c1)N1CCC(N2CC=CC2)C1. The van der Waals surface area contributed by atoms with E-state index in [1.165, 1.54) is 17.5 Å². The topological polar surface area (TPSA) is 77.2 Å². The normalized spacial score (nSPS) is 24.9. The molecule has 0 bridgehead atoms. The Balaban J connectivity index is 1.35. The van der Waals surface area contributed by atoms with Gasteiger partial charge in [0.25, 0.3) is 0 Å². The predicted molar refractivity (Wildman–Crippen MR) is 129 cm³/mol. The summed E-state index contributed by atoms with van der Waals surface area (Å²) >= 11 is 0. The van der Waals surface area contributed by atoms with Crippen molar-refractivity contribution >= 4 is 11.9 Å². The highest BCUT2D eigenvalue weighted by atomic mass is 16.1. The number of likely N-dealkylation sites (tertiary alicyclic amines) is 2. The molecule has 4 rings (SSSR count). The van der Waals surface area contributed by atoms with Gasteiger partial charge in [-0.3, -0.25) is 14.6 Å². The first kappa shape index (κ1) is 22.8. The number of rotatable bonds is 7. The summed E-state index contributed by atoms with van der Waals surface area (Å²) in [5.74, 6) is 0.839. The molecule has 174 valence electrons. The van der Waals surface area contributed by atoms with Crippen LogP contribution in [-0.4, -0.2) is 78.4 Å². The van der Waals surface area contributed by atoms with Crippen molar-refractivity contribution in [3.8, 4) is 0 Å². The molecule has 2 unspecified atom stereocenters. The standard InChI is InChI=1S/C25H38N6O/c1-2-27-25(31-14-10-23(19-31)30-12-3-4-13-30)28-16-20-7-5-8-21(15-20)17-29-11-6-9-22(18-29)24(26)32/h3-5,7-8,15,22-23H,2,6,9-14,16-19H2,1H3,(H2,26,32)(H,27,28). The number of hydrogen-bond acceptors (Lipinski definition) is 4. The fourth-order valence-corrected chi connectivity index (χ4v) is 5.13. The molecule has 3 heterocycles. The van der Waals surface area contributed by atoms with Crippen molar-refractivity contribution in [2.24, 2.45) is 16.6 Å². The zero-order chi connectivity index (χ0) is 22.3. The van der Waals surface area contributed by atoms with E-state index in [0.29, 0.717) is 12.6 Å². The third-order valence-corrected chi connectivity index (χ3v) is 6.88. The van der Waals surface area contributed by atoms with Crippen molar-refractivity contribution in [1.29, 1.82) is 0 Å². The molecule has 7 heteroatoms. The monoisotopic (exact) mass is 438 g/mol. The minimum absolute atomic E-state index is 0.0140. The number of nitrogens with one attached hydrogen (secondary N) is 1. The second-order valence-electron chi connectivity index (χ2n) is 9.28. The van der Waals surface area contributed by atoms with E-state index in [1.54, 1.807) is 0 Å². The Hall–Kier alpha value is -2.38. The van der Waals surface area contributed by atoms with Crippen LogP contribution >= 0.6 is 0 Å². The van der Waals surface area contributed by atoms with E-state index in [2.05, 4.69) is 63.4 Å². The Labute approximate surface area is 192 Å². The molecule has 1 amide bonds. The number of primary amides is 1. The van der Waals surface area contributed by atoms with Crippen LogP contribution in [-0.2, 0) is 17.9 Å². The first-order valence-corrected chi connectivity index (χ1v) is 12.1. The summed E-state index contributed by atoms with van der Waals surface area (Å²) in [5.41, 5.74) is 8.04. The third kappa shape index (κ3) is 5.90. The van der Waals surface area contributed by atoms with E-state index in [9.17, 15) is 4.79 Å². The lowest BCUT2D eigenvalue weighted by molar-refractivity contribution is -0.123. The van der Waals surface area contributed by atoms with Gasteiger partial charge in [-0.25, -0.2) is 4.99 Å². The fourth-order valence-electron chi connectivity index (χ4n) is 5.13. The minimum Gasteiger partial charge on any atom is -0.369 e. The van der Waals surface area contributed by atoms with Crippen molar-refractivity contribution in [2.45, 2.75) is 45.3 Å². The van der Waals surface area contributed by atoms with E-state index in [1.807, 2.05) is 0 Å². The smallest absolute Gasteiger partial charge is 0.221 e. The van der Waals surface area contributed by atoms with Crippen LogP contribution in [0, 0.1) is 5.92 Å². The van der Waals surface area contributed by atoms with E-state index in [0.717, 1.165) is 71.2 Å². The van der Waals surface area contributed by atoms with Crippen molar-refractivity contribution in [1.82, 2.24) is 20.0 Å². The number of benzene rings is 1. The zero-order valence-electron chi connectivity index (χ0n) is 19.4. The third-order valence-electron chi connectivity index (χ3n) is 6.88. The van der Waals surface area contributed by atoms with Crippen molar-refractivity contribution in [3.63, 3.8) is 0 Å². The molecule has 3 aliphatic heterocycles. The summed E-state index contributed by atoms with van der Waals surface area (Å²) in [6.45, 7) is 10.6. The Morgan fingerprint density at radius 1 is 1.16 bits per heavy atom. The molecule has 0 aromatic heterocycles. The highest BCUT2D eigenvalue weighted by Gasteiger charge is 2.29. The molecule has 3 aliphatic rings. The molecule has 32 heavy (non-hydrogen) atoms. The largest absolute Gasteiger partial charge is 0.369 e. The second kappa shape index (κ2) is 11.0. The van der Waals surface area contributed by atoms with Gasteiger partial charge in [-0.1, -0.05) is 36.4 Å². The van der Waals surface area contributed by atoms with Crippen molar-refractivity contribution in [3.05, 3.63) is 47.5 Å². The summed E-state index contributed by atoms with van der Waals surface area (Å²) in [4.78, 5) is 23.9. The number of carbonyl (C=O) groups excluding carboxylic acids is 1. The van der Waals surface area contributed by atoms with Crippen LogP contribution in [0.15, 0.2) is 41.4 Å². The second-order valence-corrected chi connectivity index (χ2v) is 9.28. The van der Waals surface area contributed by atoms with Crippen LogP contribution in [0.5, 0.6) is 0 Å². The van der Waals surface area contributed by atoms with E-state index in [4.69, 9.17) is 10.7 Å². The van der Waals surface area contributed by atoms with Gasteiger partial charge < -0.3 is 16.0 Å². The summed E-state index contributed by atoms with van der Waals surface area (Å²) in [6.07, 6.45) is 7.69. The van der Waals surface area contributed by atoms with E-state index < -0.39 is 0 Å². The molecule has 1 aromatic carbocycles. The van der Waals surface area contributed by atoms with Crippen molar-refractivity contribution < 1.29 is 4.79 Å². The Morgan fingerprint density at radius 3 is 2.75 bits per heavy atom. The van der Waals surface area contributed by atoms with Crippen molar-refractivity contribution in [2.75, 3.05) is 45.8 Å². The maximum atomic E-state index is 11.6. The summed E-state index contributed by atoms with van der Waals surface area (Å²) in [5, 5.41) is 3.49. The van der Waals surface area contributed by atoms with Crippen LogP contribution < -0.4 is 11.1 Å². The predicted octanol–water partition coefficient (Wildman–Crippen LogP) is 1.80. The molecule has 7 nitrogen and oxygen atoms in total. The van der Waals surface area contributed by atoms with Gasteiger partial charge in [0.05, 0.1) is 12.5 Å². The molecule has 0 saturated carbocycles. The Bertz CT molecular complexity index is 829. The average Bonchev–Trinajstić information content (AvgIpc) is 3.49. The first-order chi connectivity index (χ1) is 15.6. The minimum atomic E-state index is -0.168. The molecule has 2 atom stereocenters.